The zero-order chi connectivity index (χ0) is 9.68. The van der Waals surface area contributed by atoms with Crippen LogP contribution in [0.4, 0.5) is 5.69 Å². The standard InChI is InChI=1S/C12H17N/c1-3-4-5-10(2)11-6-8-12(13)9-7-11/h6-9H,2-5,13H2,1H3. The number of nitrogen functional groups attached to an aromatic ring is 1. The molecule has 0 saturated carbocycles. The van der Waals surface area contributed by atoms with Gasteiger partial charge in [0.25, 0.3) is 0 Å². The molecular formula is C12H17N. The van der Waals surface area contributed by atoms with Gasteiger partial charge in [0, 0.05) is 5.69 Å². The second-order valence-electron chi connectivity index (χ2n) is 3.33. The lowest BCUT2D eigenvalue weighted by molar-refractivity contribution is 0.825. The fourth-order valence-corrected chi connectivity index (χ4v) is 1.25. The third-order valence-corrected chi connectivity index (χ3v) is 2.15. The second-order valence-corrected chi connectivity index (χ2v) is 3.33. The van der Waals surface area contributed by atoms with Gasteiger partial charge in [-0.05, 0) is 36.1 Å². The maximum absolute atomic E-state index is 5.60. The molecule has 0 aliphatic carbocycles. The summed E-state index contributed by atoms with van der Waals surface area (Å²) in [7, 11) is 0. The number of anilines is 1. The number of hydrogen-bond donors (Lipinski definition) is 1. The van der Waals surface area contributed by atoms with Crippen molar-refractivity contribution in [3.63, 3.8) is 0 Å². The Morgan fingerprint density at radius 3 is 2.46 bits per heavy atom. The van der Waals surface area contributed by atoms with Crippen molar-refractivity contribution in [2.24, 2.45) is 0 Å². The maximum atomic E-state index is 5.60. The largest absolute Gasteiger partial charge is 0.399 e. The third kappa shape index (κ3) is 2.94. The molecule has 0 saturated heterocycles. The first-order valence-electron chi connectivity index (χ1n) is 4.77. The zero-order valence-corrected chi connectivity index (χ0v) is 8.22. The zero-order valence-electron chi connectivity index (χ0n) is 8.22. The van der Waals surface area contributed by atoms with Crippen LogP contribution in [0.3, 0.4) is 0 Å². The van der Waals surface area contributed by atoms with Gasteiger partial charge in [-0.2, -0.15) is 0 Å². The van der Waals surface area contributed by atoms with Crippen molar-refractivity contribution in [1.82, 2.24) is 0 Å². The Balaban J connectivity index is 2.61. The molecule has 0 aromatic heterocycles. The van der Waals surface area contributed by atoms with E-state index >= 15 is 0 Å². The highest BCUT2D eigenvalue weighted by Crippen LogP contribution is 2.19. The molecule has 0 spiro atoms. The monoisotopic (exact) mass is 175 g/mol. The topological polar surface area (TPSA) is 26.0 Å². The van der Waals surface area contributed by atoms with Crippen molar-refractivity contribution in [2.45, 2.75) is 26.2 Å². The lowest BCUT2D eigenvalue weighted by Crippen LogP contribution is -1.86. The van der Waals surface area contributed by atoms with Crippen molar-refractivity contribution in [3.8, 4) is 0 Å². The molecule has 13 heavy (non-hydrogen) atoms. The van der Waals surface area contributed by atoms with Gasteiger partial charge in [-0.3, -0.25) is 0 Å². The Labute approximate surface area is 80.3 Å². The Hall–Kier alpha value is -1.24. The minimum absolute atomic E-state index is 0.812. The Morgan fingerprint density at radius 1 is 1.31 bits per heavy atom. The third-order valence-electron chi connectivity index (χ3n) is 2.15. The molecular weight excluding hydrogens is 158 g/mol. The highest BCUT2D eigenvalue weighted by Gasteiger charge is 1.97. The molecule has 1 nitrogen and oxygen atoms in total. The molecule has 0 amide bonds. The molecule has 0 aliphatic rings. The van der Waals surface area contributed by atoms with Gasteiger partial charge in [-0.1, -0.05) is 32.1 Å². The van der Waals surface area contributed by atoms with Crippen LogP contribution in [-0.2, 0) is 0 Å². The van der Waals surface area contributed by atoms with Crippen LogP contribution in [0.1, 0.15) is 31.7 Å². The fourth-order valence-electron chi connectivity index (χ4n) is 1.25. The summed E-state index contributed by atoms with van der Waals surface area (Å²) in [6, 6.07) is 7.92. The van der Waals surface area contributed by atoms with Gasteiger partial charge in [0.15, 0.2) is 0 Å². The van der Waals surface area contributed by atoms with Crippen molar-refractivity contribution in [1.29, 1.82) is 0 Å². The van der Waals surface area contributed by atoms with Crippen LogP contribution < -0.4 is 5.73 Å². The lowest BCUT2D eigenvalue weighted by atomic mass is 10.0. The Morgan fingerprint density at radius 2 is 1.92 bits per heavy atom. The predicted octanol–water partition coefficient (Wildman–Crippen LogP) is 3.47. The fraction of sp³-hybridized carbons (Fsp3) is 0.333. The number of benzene rings is 1. The van der Waals surface area contributed by atoms with Crippen LogP contribution in [0.15, 0.2) is 30.8 Å². The van der Waals surface area contributed by atoms with E-state index in [0.29, 0.717) is 0 Å². The first-order chi connectivity index (χ1) is 6.24. The van der Waals surface area contributed by atoms with Gasteiger partial charge in [0.1, 0.15) is 0 Å². The molecule has 0 heterocycles. The van der Waals surface area contributed by atoms with Crippen LogP contribution in [0.5, 0.6) is 0 Å². The summed E-state index contributed by atoms with van der Waals surface area (Å²) >= 11 is 0. The SMILES string of the molecule is C=C(CCCC)c1ccc(N)cc1. The normalized spacial score (nSPS) is 9.92. The summed E-state index contributed by atoms with van der Waals surface area (Å²) in [5.41, 5.74) is 8.83. The van der Waals surface area contributed by atoms with E-state index in [0.717, 1.165) is 12.1 Å². The molecule has 0 bridgehead atoms. The van der Waals surface area contributed by atoms with E-state index in [1.165, 1.54) is 24.0 Å². The minimum Gasteiger partial charge on any atom is -0.399 e. The molecule has 1 rings (SSSR count). The Bertz CT molecular complexity index is 272. The van der Waals surface area contributed by atoms with Gasteiger partial charge in [0.05, 0.1) is 0 Å². The number of unbranched alkanes of at least 4 members (excludes halogenated alkanes) is 1. The van der Waals surface area contributed by atoms with Gasteiger partial charge in [-0.25, -0.2) is 0 Å². The van der Waals surface area contributed by atoms with Crippen molar-refractivity contribution >= 4 is 11.3 Å². The van der Waals surface area contributed by atoms with Crippen molar-refractivity contribution < 1.29 is 0 Å². The van der Waals surface area contributed by atoms with Gasteiger partial charge in [-0.15, -0.1) is 0 Å². The highest BCUT2D eigenvalue weighted by atomic mass is 14.5. The van der Waals surface area contributed by atoms with Gasteiger partial charge >= 0.3 is 0 Å². The summed E-state index contributed by atoms with van der Waals surface area (Å²) < 4.78 is 0. The summed E-state index contributed by atoms with van der Waals surface area (Å²) in [5, 5.41) is 0. The van der Waals surface area contributed by atoms with Crippen LogP contribution in [-0.4, -0.2) is 0 Å². The Kier molecular flexibility index (Phi) is 3.56. The van der Waals surface area contributed by atoms with Crippen LogP contribution >= 0.6 is 0 Å². The molecule has 70 valence electrons. The van der Waals surface area contributed by atoms with E-state index in [2.05, 4.69) is 13.5 Å². The highest BCUT2D eigenvalue weighted by molar-refractivity contribution is 5.64. The average Bonchev–Trinajstić information content (AvgIpc) is 2.15. The maximum Gasteiger partial charge on any atom is 0.0314 e. The van der Waals surface area contributed by atoms with Crippen LogP contribution in [0.25, 0.3) is 5.57 Å². The number of allylic oxidation sites excluding steroid dienone is 1. The summed E-state index contributed by atoms with van der Waals surface area (Å²) in [6.45, 7) is 6.24. The predicted molar refractivity (Wildman–Crippen MR) is 59.4 cm³/mol. The molecule has 0 aliphatic heterocycles. The quantitative estimate of drug-likeness (QED) is 0.697. The van der Waals surface area contributed by atoms with E-state index < -0.39 is 0 Å². The van der Waals surface area contributed by atoms with E-state index in [1.807, 2.05) is 24.3 Å². The van der Waals surface area contributed by atoms with Gasteiger partial charge < -0.3 is 5.73 Å². The van der Waals surface area contributed by atoms with Crippen LogP contribution in [0, 0.1) is 0 Å². The van der Waals surface area contributed by atoms with E-state index in [4.69, 9.17) is 5.73 Å². The molecule has 0 atom stereocenters. The summed E-state index contributed by atoms with van der Waals surface area (Å²) in [6.07, 6.45) is 3.51. The molecule has 0 fully saturated rings. The molecule has 0 radical (unpaired) electrons. The number of nitrogens with two attached hydrogens (primary N) is 1. The van der Waals surface area contributed by atoms with Crippen LogP contribution in [0.2, 0.25) is 0 Å². The first kappa shape index (κ1) is 9.85. The van der Waals surface area contributed by atoms with E-state index in [9.17, 15) is 0 Å². The second kappa shape index (κ2) is 4.70. The summed E-state index contributed by atoms with van der Waals surface area (Å²) in [4.78, 5) is 0. The first-order valence-corrected chi connectivity index (χ1v) is 4.77. The summed E-state index contributed by atoms with van der Waals surface area (Å²) in [5.74, 6) is 0. The van der Waals surface area contributed by atoms with Crippen molar-refractivity contribution in [3.05, 3.63) is 36.4 Å². The molecule has 1 heteroatoms. The minimum atomic E-state index is 0.812. The van der Waals surface area contributed by atoms with Crippen molar-refractivity contribution in [2.75, 3.05) is 5.73 Å². The number of rotatable bonds is 4. The molecule has 1 aromatic rings. The van der Waals surface area contributed by atoms with Gasteiger partial charge in [0.2, 0.25) is 0 Å². The molecule has 1 aromatic carbocycles. The smallest absolute Gasteiger partial charge is 0.0314 e. The number of hydrogen-bond acceptors (Lipinski definition) is 1. The average molecular weight is 175 g/mol. The van der Waals surface area contributed by atoms with E-state index in [-0.39, 0.29) is 0 Å². The molecule has 0 unspecified atom stereocenters. The molecule has 2 N–H and O–H groups in total. The van der Waals surface area contributed by atoms with E-state index in [1.54, 1.807) is 0 Å². The lowest BCUT2D eigenvalue weighted by Gasteiger charge is -2.04.